The van der Waals surface area contributed by atoms with Crippen molar-refractivity contribution in [2.45, 2.75) is 10.5 Å². The average molecular weight is 330 g/mol. The Morgan fingerprint density at radius 1 is 1.11 bits per heavy atom. The Hall–Kier alpha value is -1.27. The molecular weight excluding hydrogens is 321 g/mol. The number of halogens is 2. The average Bonchev–Trinajstić information content (AvgIpc) is 2.40. The molecule has 0 amide bonds. The lowest BCUT2D eigenvalue weighted by atomic mass is 10.2. The topological polar surface area (TPSA) is 47.0 Å². The van der Waals surface area contributed by atoms with Gasteiger partial charge in [-0.3, -0.25) is 0 Å². The van der Waals surface area contributed by atoms with Gasteiger partial charge in [0.15, 0.2) is 5.03 Å². The molecule has 0 aliphatic rings. The predicted octanol–water partition coefficient (Wildman–Crippen LogP) is 3.29. The lowest BCUT2D eigenvalue weighted by Crippen LogP contribution is -2.10. The zero-order valence-electron chi connectivity index (χ0n) is 9.12. The van der Waals surface area contributed by atoms with Crippen molar-refractivity contribution >= 4 is 25.8 Å². The van der Waals surface area contributed by atoms with Gasteiger partial charge in [-0.15, -0.1) is 0 Å². The van der Waals surface area contributed by atoms with Gasteiger partial charge < -0.3 is 0 Å². The molecule has 2 rings (SSSR count). The van der Waals surface area contributed by atoms with Gasteiger partial charge >= 0.3 is 0 Å². The summed E-state index contributed by atoms with van der Waals surface area (Å²) in [7, 11) is -4.10. The van der Waals surface area contributed by atoms with Crippen molar-refractivity contribution in [1.29, 1.82) is 0 Å². The van der Waals surface area contributed by atoms with Crippen molar-refractivity contribution in [2.24, 2.45) is 0 Å². The van der Waals surface area contributed by atoms with E-state index in [0.717, 1.165) is 4.47 Å². The van der Waals surface area contributed by atoms with Crippen LogP contribution in [-0.4, -0.2) is 13.4 Å². The highest BCUT2D eigenvalue weighted by atomic mass is 79.9. The quantitative estimate of drug-likeness (QED) is 0.868. The van der Waals surface area contributed by atoms with Crippen molar-refractivity contribution < 1.29 is 12.8 Å². The maximum atomic E-state index is 14.1. The first-order chi connectivity index (χ1) is 8.51. The van der Waals surface area contributed by atoms with E-state index in [-0.39, 0.29) is 10.6 Å². The van der Waals surface area contributed by atoms with Crippen LogP contribution in [0, 0.1) is 0 Å². The smallest absolute Gasteiger partial charge is 0.231 e. The second-order valence-electron chi connectivity index (χ2n) is 3.58. The van der Waals surface area contributed by atoms with Crippen molar-refractivity contribution in [3.8, 4) is 0 Å². The van der Waals surface area contributed by atoms with Crippen LogP contribution in [0.3, 0.4) is 0 Å². The molecule has 0 radical (unpaired) electrons. The molecule has 0 saturated heterocycles. The van der Waals surface area contributed by atoms with E-state index in [4.69, 9.17) is 0 Å². The SMILES string of the molecule is O=S(=O)(c1ccccn1)C(F)c1ccc(Br)cc1. The molecule has 0 bridgehead atoms. The van der Waals surface area contributed by atoms with Gasteiger partial charge in [0.2, 0.25) is 15.3 Å². The number of benzene rings is 1. The van der Waals surface area contributed by atoms with Gasteiger partial charge in [-0.2, -0.15) is 0 Å². The number of hydrogen-bond acceptors (Lipinski definition) is 3. The first-order valence-electron chi connectivity index (χ1n) is 5.06. The second kappa shape index (κ2) is 5.16. The molecule has 1 heterocycles. The summed E-state index contributed by atoms with van der Waals surface area (Å²) in [6.07, 6.45) is 1.32. The third kappa shape index (κ3) is 2.59. The van der Waals surface area contributed by atoms with E-state index in [1.807, 2.05) is 0 Å². The molecule has 3 nitrogen and oxygen atoms in total. The minimum Gasteiger partial charge on any atom is -0.245 e. The van der Waals surface area contributed by atoms with Gasteiger partial charge in [0.25, 0.3) is 0 Å². The van der Waals surface area contributed by atoms with Crippen LogP contribution >= 0.6 is 15.9 Å². The van der Waals surface area contributed by atoms with Crippen LogP contribution in [0.15, 0.2) is 58.2 Å². The molecule has 6 heteroatoms. The summed E-state index contributed by atoms with van der Waals surface area (Å²) in [5.41, 5.74) is -2.02. The van der Waals surface area contributed by atoms with Crippen LogP contribution < -0.4 is 0 Å². The predicted molar refractivity (Wildman–Crippen MR) is 69.4 cm³/mol. The Morgan fingerprint density at radius 3 is 2.33 bits per heavy atom. The van der Waals surface area contributed by atoms with Gasteiger partial charge in [-0.05, 0) is 24.3 Å². The molecule has 0 N–H and O–H groups in total. The van der Waals surface area contributed by atoms with Crippen LogP contribution in [0.25, 0.3) is 0 Å². The minimum absolute atomic E-state index is 0.0869. The molecule has 1 aromatic heterocycles. The summed E-state index contributed by atoms with van der Waals surface area (Å²) < 4.78 is 38.8. The normalized spacial score (nSPS) is 13.2. The molecule has 0 aliphatic heterocycles. The summed E-state index contributed by atoms with van der Waals surface area (Å²) in [5.74, 6) is 0. The lowest BCUT2D eigenvalue weighted by molar-refractivity contribution is 0.429. The summed E-state index contributed by atoms with van der Waals surface area (Å²) in [6.45, 7) is 0. The van der Waals surface area contributed by atoms with E-state index in [1.165, 1.54) is 30.5 Å². The zero-order valence-corrected chi connectivity index (χ0v) is 11.5. The van der Waals surface area contributed by atoms with Gasteiger partial charge in [-0.25, -0.2) is 17.8 Å². The Labute approximate surface area is 113 Å². The molecule has 0 fully saturated rings. The second-order valence-corrected chi connectivity index (χ2v) is 6.42. The Morgan fingerprint density at radius 2 is 1.78 bits per heavy atom. The fourth-order valence-corrected chi connectivity index (χ4v) is 2.88. The standard InChI is InChI=1S/C12H9BrFNO2S/c13-10-6-4-9(5-7-10)12(14)18(16,17)11-3-1-2-8-15-11/h1-8,12H. The third-order valence-corrected chi connectivity index (χ3v) is 4.50. The van der Waals surface area contributed by atoms with E-state index in [2.05, 4.69) is 20.9 Å². The van der Waals surface area contributed by atoms with Crippen LogP contribution in [0.4, 0.5) is 4.39 Å². The number of aromatic nitrogens is 1. The molecule has 0 aliphatic carbocycles. The van der Waals surface area contributed by atoms with Crippen molar-refractivity contribution in [1.82, 2.24) is 4.98 Å². The highest BCUT2D eigenvalue weighted by Gasteiger charge is 2.29. The highest BCUT2D eigenvalue weighted by Crippen LogP contribution is 2.29. The van der Waals surface area contributed by atoms with Gasteiger partial charge in [0.1, 0.15) is 0 Å². The molecular formula is C12H9BrFNO2S. The lowest BCUT2D eigenvalue weighted by Gasteiger charge is -2.09. The Bertz CT molecular complexity index is 629. The first-order valence-corrected chi connectivity index (χ1v) is 7.40. The van der Waals surface area contributed by atoms with E-state index >= 15 is 0 Å². The summed E-state index contributed by atoms with van der Waals surface area (Å²) in [6, 6.07) is 10.4. The van der Waals surface area contributed by atoms with Gasteiger partial charge in [0.05, 0.1) is 0 Å². The first kappa shape index (κ1) is 13.2. The summed E-state index contributed by atoms with van der Waals surface area (Å²) in [4.78, 5) is 3.68. The number of alkyl halides is 1. The van der Waals surface area contributed by atoms with Crippen LogP contribution in [0.2, 0.25) is 0 Å². The highest BCUT2D eigenvalue weighted by molar-refractivity contribution is 9.10. The maximum absolute atomic E-state index is 14.1. The van der Waals surface area contributed by atoms with Crippen LogP contribution in [0.5, 0.6) is 0 Å². The fourth-order valence-electron chi connectivity index (χ4n) is 1.41. The van der Waals surface area contributed by atoms with E-state index in [1.54, 1.807) is 18.2 Å². The molecule has 1 unspecified atom stereocenters. The largest absolute Gasteiger partial charge is 0.245 e. The van der Waals surface area contributed by atoms with E-state index in [9.17, 15) is 12.8 Å². The van der Waals surface area contributed by atoms with Crippen LogP contribution in [-0.2, 0) is 9.84 Å². The minimum atomic E-state index is -4.10. The van der Waals surface area contributed by atoms with Crippen molar-refractivity contribution in [3.05, 3.63) is 58.7 Å². The van der Waals surface area contributed by atoms with Gasteiger partial charge in [0, 0.05) is 16.2 Å². The number of sulfone groups is 1. The maximum Gasteiger partial charge on any atom is 0.231 e. The Kier molecular flexibility index (Phi) is 3.77. The number of rotatable bonds is 3. The van der Waals surface area contributed by atoms with Gasteiger partial charge in [-0.1, -0.05) is 34.1 Å². The Balaban J connectivity index is 2.39. The van der Waals surface area contributed by atoms with Crippen molar-refractivity contribution in [2.75, 3.05) is 0 Å². The number of hydrogen-bond donors (Lipinski definition) is 0. The molecule has 1 aromatic carbocycles. The molecule has 0 spiro atoms. The van der Waals surface area contributed by atoms with Crippen molar-refractivity contribution in [3.63, 3.8) is 0 Å². The third-order valence-electron chi connectivity index (χ3n) is 2.33. The van der Waals surface area contributed by atoms with E-state index in [0.29, 0.717) is 0 Å². The van der Waals surface area contributed by atoms with Crippen LogP contribution in [0.1, 0.15) is 11.1 Å². The molecule has 94 valence electrons. The summed E-state index contributed by atoms with van der Waals surface area (Å²) >= 11 is 3.21. The zero-order chi connectivity index (χ0) is 13.2. The number of nitrogens with zero attached hydrogens (tertiary/aromatic N) is 1. The number of pyridine rings is 1. The molecule has 1 atom stereocenters. The molecule has 18 heavy (non-hydrogen) atoms. The fraction of sp³-hybridized carbons (Fsp3) is 0.0833. The van der Waals surface area contributed by atoms with E-state index < -0.39 is 15.3 Å². The summed E-state index contributed by atoms with van der Waals surface area (Å²) in [5, 5.41) is -0.264. The molecule has 0 saturated carbocycles. The monoisotopic (exact) mass is 329 g/mol. The molecule has 2 aromatic rings.